The van der Waals surface area contributed by atoms with Crippen LogP contribution >= 0.6 is 0 Å². The van der Waals surface area contributed by atoms with Crippen molar-refractivity contribution in [3.63, 3.8) is 0 Å². The molecular formula is C15H21NO. The molecule has 0 saturated heterocycles. The molecule has 2 nitrogen and oxygen atoms in total. The second-order valence-electron chi connectivity index (χ2n) is 3.77. The van der Waals surface area contributed by atoms with Gasteiger partial charge < -0.3 is 4.74 Å². The summed E-state index contributed by atoms with van der Waals surface area (Å²) in [5.74, 6) is 0.789. The molecule has 0 aliphatic carbocycles. The number of aliphatic imine (C=N–C) groups is 1. The highest BCUT2D eigenvalue weighted by Crippen LogP contribution is 2.11. The van der Waals surface area contributed by atoms with Gasteiger partial charge in [0.25, 0.3) is 0 Å². The molecule has 0 bridgehead atoms. The fourth-order valence-corrected chi connectivity index (χ4v) is 1.36. The van der Waals surface area contributed by atoms with Gasteiger partial charge in [-0.15, -0.1) is 0 Å². The molecule has 2 heteroatoms. The van der Waals surface area contributed by atoms with Gasteiger partial charge in [-0.2, -0.15) is 0 Å². The molecule has 1 aromatic carbocycles. The van der Waals surface area contributed by atoms with Gasteiger partial charge in [0.1, 0.15) is 6.61 Å². The molecule has 0 aliphatic heterocycles. The first-order chi connectivity index (χ1) is 8.36. The number of para-hydroxylation sites is 1. The van der Waals surface area contributed by atoms with Crippen LogP contribution in [0, 0.1) is 0 Å². The Morgan fingerprint density at radius 1 is 1.18 bits per heavy atom. The van der Waals surface area contributed by atoms with E-state index in [4.69, 9.17) is 4.74 Å². The van der Waals surface area contributed by atoms with Gasteiger partial charge in [-0.25, -0.2) is 4.99 Å². The SMILES string of the molecule is CCC/C=C\COC(CC)=Nc1ccccc1. The Kier molecular flexibility index (Phi) is 6.80. The summed E-state index contributed by atoms with van der Waals surface area (Å²) in [6, 6.07) is 9.90. The molecule has 0 N–H and O–H groups in total. The molecule has 0 fully saturated rings. The Hall–Kier alpha value is -1.57. The van der Waals surface area contributed by atoms with Crippen LogP contribution in [0.15, 0.2) is 47.5 Å². The van der Waals surface area contributed by atoms with Crippen molar-refractivity contribution in [1.29, 1.82) is 0 Å². The maximum absolute atomic E-state index is 5.60. The van der Waals surface area contributed by atoms with Gasteiger partial charge in [-0.3, -0.25) is 0 Å². The molecule has 1 aromatic rings. The molecule has 0 spiro atoms. The molecule has 1 rings (SSSR count). The van der Waals surface area contributed by atoms with Gasteiger partial charge >= 0.3 is 0 Å². The smallest absolute Gasteiger partial charge is 0.188 e. The van der Waals surface area contributed by atoms with Gasteiger partial charge in [0, 0.05) is 6.42 Å². The van der Waals surface area contributed by atoms with Gasteiger partial charge in [0.05, 0.1) is 5.69 Å². The Bertz CT molecular complexity index is 354. The molecule has 0 heterocycles. The molecule has 0 unspecified atom stereocenters. The summed E-state index contributed by atoms with van der Waals surface area (Å²) < 4.78 is 5.60. The van der Waals surface area contributed by atoms with Crippen LogP contribution in [0.5, 0.6) is 0 Å². The van der Waals surface area contributed by atoms with Crippen molar-refractivity contribution < 1.29 is 4.74 Å². The maximum atomic E-state index is 5.60. The highest BCUT2D eigenvalue weighted by Gasteiger charge is 1.96. The topological polar surface area (TPSA) is 21.6 Å². The maximum Gasteiger partial charge on any atom is 0.188 e. The zero-order valence-electron chi connectivity index (χ0n) is 10.7. The normalized spacial score (nSPS) is 12.0. The van der Waals surface area contributed by atoms with Crippen LogP contribution in [0.25, 0.3) is 0 Å². The molecule has 0 aromatic heterocycles. The number of nitrogens with zero attached hydrogens (tertiary/aromatic N) is 1. The summed E-state index contributed by atoms with van der Waals surface area (Å²) in [5, 5.41) is 0. The molecule has 0 aliphatic rings. The van der Waals surface area contributed by atoms with Gasteiger partial charge in [0.15, 0.2) is 5.90 Å². The fraction of sp³-hybridized carbons (Fsp3) is 0.400. The van der Waals surface area contributed by atoms with Crippen LogP contribution in [0.4, 0.5) is 5.69 Å². The zero-order valence-corrected chi connectivity index (χ0v) is 10.7. The van der Waals surface area contributed by atoms with Crippen molar-refractivity contribution in [2.24, 2.45) is 4.99 Å². The predicted molar refractivity (Wildman–Crippen MR) is 73.8 cm³/mol. The minimum atomic E-state index is 0.611. The van der Waals surface area contributed by atoms with Crippen molar-refractivity contribution in [1.82, 2.24) is 0 Å². The molecular weight excluding hydrogens is 210 g/mol. The monoisotopic (exact) mass is 231 g/mol. The second-order valence-corrected chi connectivity index (χ2v) is 3.77. The summed E-state index contributed by atoms with van der Waals surface area (Å²) in [6.07, 6.45) is 7.31. The first-order valence-electron chi connectivity index (χ1n) is 6.27. The van der Waals surface area contributed by atoms with Crippen LogP contribution in [-0.4, -0.2) is 12.5 Å². The minimum absolute atomic E-state index is 0.611. The summed E-state index contributed by atoms with van der Waals surface area (Å²) in [7, 11) is 0. The molecule has 0 saturated carbocycles. The van der Waals surface area contributed by atoms with E-state index in [9.17, 15) is 0 Å². The number of ether oxygens (including phenoxy) is 1. The van der Waals surface area contributed by atoms with Crippen molar-refractivity contribution in [2.75, 3.05) is 6.61 Å². The van der Waals surface area contributed by atoms with Crippen LogP contribution in [0.2, 0.25) is 0 Å². The first-order valence-corrected chi connectivity index (χ1v) is 6.27. The first kappa shape index (κ1) is 13.5. The lowest BCUT2D eigenvalue weighted by atomic mass is 10.3. The van der Waals surface area contributed by atoms with E-state index in [0.29, 0.717) is 6.61 Å². The Labute approximate surface area is 104 Å². The summed E-state index contributed by atoms with van der Waals surface area (Å²) in [4.78, 5) is 4.46. The number of benzene rings is 1. The second kappa shape index (κ2) is 8.57. The highest BCUT2D eigenvalue weighted by molar-refractivity contribution is 5.79. The molecule has 92 valence electrons. The number of allylic oxidation sites excluding steroid dienone is 1. The van der Waals surface area contributed by atoms with E-state index in [1.165, 1.54) is 6.42 Å². The standard InChI is InChI=1S/C15H21NO/c1-3-5-6-10-13-17-15(4-2)16-14-11-8-7-9-12-14/h6-12H,3-5,13H2,1-2H3/b10-6-,16-15?. The lowest BCUT2D eigenvalue weighted by molar-refractivity contribution is 0.341. The quantitative estimate of drug-likeness (QED) is 0.401. The van der Waals surface area contributed by atoms with Crippen molar-refractivity contribution in [3.8, 4) is 0 Å². The van der Waals surface area contributed by atoms with E-state index in [2.05, 4.69) is 31.0 Å². The fourth-order valence-electron chi connectivity index (χ4n) is 1.36. The molecule has 17 heavy (non-hydrogen) atoms. The van der Waals surface area contributed by atoms with Crippen LogP contribution in [-0.2, 0) is 4.74 Å². The van der Waals surface area contributed by atoms with E-state index >= 15 is 0 Å². The molecule has 0 atom stereocenters. The zero-order chi connectivity index (χ0) is 12.3. The van der Waals surface area contributed by atoms with E-state index in [0.717, 1.165) is 24.4 Å². The number of rotatable bonds is 6. The van der Waals surface area contributed by atoms with Crippen molar-refractivity contribution >= 4 is 11.6 Å². The van der Waals surface area contributed by atoms with E-state index in [1.807, 2.05) is 30.3 Å². The Balaban J connectivity index is 2.46. The molecule has 0 amide bonds. The number of unbranched alkanes of at least 4 members (excludes halogenated alkanes) is 1. The average molecular weight is 231 g/mol. The van der Waals surface area contributed by atoms with Crippen LogP contribution in [0.1, 0.15) is 33.1 Å². The lowest BCUT2D eigenvalue weighted by Crippen LogP contribution is -2.02. The van der Waals surface area contributed by atoms with Gasteiger partial charge in [0.2, 0.25) is 0 Å². The highest BCUT2D eigenvalue weighted by atomic mass is 16.5. The largest absolute Gasteiger partial charge is 0.477 e. The average Bonchev–Trinajstić information content (AvgIpc) is 2.38. The Morgan fingerprint density at radius 3 is 2.59 bits per heavy atom. The summed E-state index contributed by atoms with van der Waals surface area (Å²) >= 11 is 0. The third-order valence-corrected chi connectivity index (χ3v) is 2.28. The summed E-state index contributed by atoms with van der Waals surface area (Å²) in [5.41, 5.74) is 0.946. The third-order valence-electron chi connectivity index (χ3n) is 2.28. The number of hydrogen-bond acceptors (Lipinski definition) is 2. The van der Waals surface area contributed by atoms with E-state index in [1.54, 1.807) is 0 Å². The Morgan fingerprint density at radius 2 is 1.94 bits per heavy atom. The van der Waals surface area contributed by atoms with Crippen molar-refractivity contribution in [2.45, 2.75) is 33.1 Å². The van der Waals surface area contributed by atoms with E-state index in [-0.39, 0.29) is 0 Å². The summed E-state index contributed by atoms with van der Waals surface area (Å²) in [6.45, 7) is 4.83. The lowest BCUT2D eigenvalue weighted by Gasteiger charge is -2.04. The predicted octanol–water partition coefficient (Wildman–Crippen LogP) is 4.50. The van der Waals surface area contributed by atoms with Gasteiger partial charge in [-0.05, 0) is 18.6 Å². The van der Waals surface area contributed by atoms with Gasteiger partial charge in [-0.1, -0.05) is 50.6 Å². The van der Waals surface area contributed by atoms with Crippen LogP contribution < -0.4 is 0 Å². The minimum Gasteiger partial charge on any atom is -0.477 e. The molecule has 0 radical (unpaired) electrons. The van der Waals surface area contributed by atoms with Crippen LogP contribution in [0.3, 0.4) is 0 Å². The number of hydrogen-bond donors (Lipinski definition) is 0. The van der Waals surface area contributed by atoms with Crippen molar-refractivity contribution in [3.05, 3.63) is 42.5 Å². The van der Waals surface area contributed by atoms with E-state index < -0.39 is 0 Å². The third kappa shape index (κ3) is 5.91.